The third-order valence-electron chi connectivity index (χ3n) is 3.33. The molecule has 0 aromatic heterocycles. The third-order valence-corrected chi connectivity index (χ3v) is 3.33. The molecule has 0 amide bonds. The van der Waals surface area contributed by atoms with Gasteiger partial charge in [-0.25, -0.2) is 9.78 Å². The number of hydrogen-bond donors (Lipinski definition) is 1. The maximum Gasteiger partial charge on any atom is 0.119 e. The molecule has 120 valence electrons. The van der Waals surface area contributed by atoms with E-state index in [1.165, 1.54) is 19.4 Å². The SMILES string of the molecule is CCCOOCC1CCCN1C.NCCCCCC=O. The third kappa shape index (κ3) is 11.3. The number of hydrogen-bond acceptors (Lipinski definition) is 5. The van der Waals surface area contributed by atoms with E-state index in [1.54, 1.807) is 0 Å². The maximum absolute atomic E-state index is 9.74. The van der Waals surface area contributed by atoms with Crippen LogP contribution in [0.4, 0.5) is 0 Å². The Hall–Kier alpha value is -0.490. The molecule has 0 radical (unpaired) electrons. The standard InChI is InChI=1S/C9H19NO2.C6H13NO/c1-3-7-11-12-8-9-5-4-6-10(9)2;7-5-3-1-2-4-6-8/h9H,3-8H2,1-2H3;6H,1-5,7H2. The Morgan fingerprint density at radius 3 is 2.65 bits per heavy atom. The minimum absolute atomic E-state index is 0.571. The molecule has 0 aromatic rings. The quantitative estimate of drug-likeness (QED) is 0.289. The van der Waals surface area contributed by atoms with Gasteiger partial charge in [0.05, 0.1) is 13.2 Å². The van der Waals surface area contributed by atoms with Gasteiger partial charge in [0, 0.05) is 12.5 Å². The lowest BCUT2D eigenvalue weighted by molar-refractivity contribution is -0.299. The fourth-order valence-electron chi connectivity index (χ4n) is 2.01. The topological polar surface area (TPSA) is 64.8 Å². The van der Waals surface area contributed by atoms with Crippen LogP contribution in [0, 0.1) is 0 Å². The lowest BCUT2D eigenvalue weighted by atomic mass is 10.2. The van der Waals surface area contributed by atoms with E-state index in [-0.39, 0.29) is 0 Å². The Morgan fingerprint density at radius 2 is 2.10 bits per heavy atom. The van der Waals surface area contributed by atoms with Crippen LogP contribution in [0.15, 0.2) is 0 Å². The summed E-state index contributed by atoms with van der Waals surface area (Å²) in [4.78, 5) is 22.1. The summed E-state index contributed by atoms with van der Waals surface area (Å²) in [5, 5.41) is 0. The van der Waals surface area contributed by atoms with Crippen LogP contribution in [0.3, 0.4) is 0 Å². The first-order valence-corrected chi connectivity index (χ1v) is 7.84. The molecular weight excluding hydrogens is 256 g/mol. The second-order valence-electron chi connectivity index (χ2n) is 5.19. The predicted molar refractivity (Wildman–Crippen MR) is 81.4 cm³/mol. The first-order chi connectivity index (χ1) is 9.76. The minimum Gasteiger partial charge on any atom is -0.330 e. The molecule has 1 rings (SSSR count). The molecule has 1 heterocycles. The van der Waals surface area contributed by atoms with Gasteiger partial charge in [-0.3, -0.25) is 0 Å². The van der Waals surface area contributed by atoms with Crippen LogP contribution in [-0.2, 0) is 14.6 Å². The number of carbonyl (C=O) groups excluding carboxylic acids is 1. The molecule has 0 bridgehead atoms. The van der Waals surface area contributed by atoms with E-state index in [2.05, 4.69) is 18.9 Å². The molecule has 1 atom stereocenters. The molecule has 1 aliphatic heterocycles. The molecule has 0 aromatic carbocycles. The normalized spacial score (nSPS) is 18.6. The second kappa shape index (κ2) is 14.9. The molecular formula is C15H32N2O3. The van der Waals surface area contributed by atoms with Crippen molar-refractivity contribution in [2.45, 2.75) is 57.9 Å². The van der Waals surface area contributed by atoms with Gasteiger partial charge in [0.2, 0.25) is 0 Å². The zero-order valence-corrected chi connectivity index (χ0v) is 13.2. The van der Waals surface area contributed by atoms with Crippen molar-refractivity contribution in [1.82, 2.24) is 4.90 Å². The monoisotopic (exact) mass is 288 g/mol. The Bertz CT molecular complexity index is 215. The number of carbonyl (C=O) groups is 1. The van der Waals surface area contributed by atoms with Crippen molar-refractivity contribution in [2.24, 2.45) is 5.73 Å². The van der Waals surface area contributed by atoms with E-state index >= 15 is 0 Å². The van der Waals surface area contributed by atoms with Gasteiger partial charge in [-0.1, -0.05) is 13.3 Å². The minimum atomic E-state index is 0.571. The average molecular weight is 288 g/mol. The van der Waals surface area contributed by atoms with Crippen molar-refractivity contribution in [3.63, 3.8) is 0 Å². The summed E-state index contributed by atoms with van der Waals surface area (Å²) in [6.07, 6.45) is 8.34. The number of likely N-dealkylation sites (tertiary alicyclic amines) is 1. The summed E-state index contributed by atoms with van der Waals surface area (Å²) >= 11 is 0. The van der Waals surface area contributed by atoms with Crippen LogP contribution >= 0.6 is 0 Å². The lowest BCUT2D eigenvalue weighted by Crippen LogP contribution is -2.29. The molecule has 20 heavy (non-hydrogen) atoms. The van der Waals surface area contributed by atoms with Gasteiger partial charge >= 0.3 is 0 Å². The number of aldehydes is 1. The van der Waals surface area contributed by atoms with Gasteiger partial charge in [0.1, 0.15) is 6.29 Å². The van der Waals surface area contributed by atoms with Gasteiger partial charge in [-0.15, -0.1) is 0 Å². The van der Waals surface area contributed by atoms with Gasteiger partial charge in [0.15, 0.2) is 0 Å². The highest BCUT2D eigenvalue weighted by molar-refractivity contribution is 5.48. The summed E-state index contributed by atoms with van der Waals surface area (Å²) in [5.41, 5.74) is 5.22. The highest BCUT2D eigenvalue weighted by Crippen LogP contribution is 2.14. The van der Waals surface area contributed by atoms with Gasteiger partial charge in [0.25, 0.3) is 0 Å². The van der Waals surface area contributed by atoms with E-state index < -0.39 is 0 Å². The molecule has 2 N–H and O–H groups in total. The maximum atomic E-state index is 9.74. The van der Waals surface area contributed by atoms with Crippen molar-refractivity contribution in [1.29, 1.82) is 0 Å². The predicted octanol–water partition coefficient (Wildman–Crippen LogP) is 2.14. The average Bonchev–Trinajstić information content (AvgIpc) is 2.86. The molecule has 1 aliphatic rings. The second-order valence-corrected chi connectivity index (χ2v) is 5.19. The summed E-state index contributed by atoms with van der Waals surface area (Å²) < 4.78 is 0. The summed E-state index contributed by atoms with van der Waals surface area (Å²) in [6.45, 7) is 5.44. The van der Waals surface area contributed by atoms with E-state index in [9.17, 15) is 4.79 Å². The zero-order chi connectivity index (χ0) is 15.1. The van der Waals surface area contributed by atoms with Crippen LogP contribution in [0.5, 0.6) is 0 Å². The Balaban J connectivity index is 0.000000396. The highest BCUT2D eigenvalue weighted by Gasteiger charge is 2.20. The number of nitrogens with zero attached hydrogens (tertiary/aromatic N) is 1. The van der Waals surface area contributed by atoms with Crippen LogP contribution in [0.25, 0.3) is 0 Å². The highest BCUT2D eigenvalue weighted by atomic mass is 17.2. The Labute approximate surface area is 123 Å². The Kier molecular flexibility index (Phi) is 14.5. The fourth-order valence-corrected chi connectivity index (χ4v) is 2.01. The van der Waals surface area contributed by atoms with Crippen molar-refractivity contribution < 1.29 is 14.6 Å². The smallest absolute Gasteiger partial charge is 0.119 e. The van der Waals surface area contributed by atoms with Gasteiger partial charge in [-0.05, 0) is 52.2 Å². The largest absolute Gasteiger partial charge is 0.330 e. The van der Waals surface area contributed by atoms with Crippen LogP contribution < -0.4 is 5.73 Å². The van der Waals surface area contributed by atoms with E-state index in [0.717, 1.165) is 45.1 Å². The van der Waals surface area contributed by atoms with Crippen molar-refractivity contribution in [3.05, 3.63) is 0 Å². The molecule has 1 fully saturated rings. The van der Waals surface area contributed by atoms with Crippen molar-refractivity contribution in [3.8, 4) is 0 Å². The van der Waals surface area contributed by atoms with Gasteiger partial charge in [-0.2, -0.15) is 0 Å². The molecule has 0 saturated carbocycles. The molecule has 5 nitrogen and oxygen atoms in total. The summed E-state index contributed by atoms with van der Waals surface area (Å²) in [5.74, 6) is 0. The Morgan fingerprint density at radius 1 is 1.30 bits per heavy atom. The first-order valence-electron chi connectivity index (χ1n) is 7.84. The van der Waals surface area contributed by atoms with E-state index in [4.69, 9.17) is 15.5 Å². The van der Waals surface area contributed by atoms with Gasteiger partial charge < -0.3 is 15.4 Å². The van der Waals surface area contributed by atoms with Crippen LogP contribution in [0.2, 0.25) is 0 Å². The van der Waals surface area contributed by atoms with Crippen molar-refractivity contribution in [2.75, 3.05) is 33.4 Å². The van der Waals surface area contributed by atoms with Crippen LogP contribution in [-0.4, -0.2) is 50.6 Å². The first kappa shape index (κ1) is 19.5. The number of unbranched alkanes of at least 4 members (excludes halogenated alkanes) is 3. The summed E-state index contributed by atoms with van der Waals surface area (Å²) in [7, 11) is 2.14. The number of likely N-dealkylation sites (N-methyl/N-ethyl adjacent to an activating group) is 1. The van der Waals surface area contributed by atoms with Crippen LogP contribution in [0.1, 0.15) is 51.9 Å². The fraction of sp³-hybridized carbons (Fsp3) is 0.933. The zero-order valence-electron chi connectivity index (χ0n) is 13.2. The molecule has 5 heteroatoms. The van der Waals surface area contributed by atoms with E-state index in [0.29, 0.717) is 19.1 Å². The number of rotatable bonds is 10. The number of nitrogens with two attached hydrogens (primary N) is 1. The molecule has 0 spiro atoms. The molecule has 1 saturated heterocycles. The van der Waals surface area contributed by atoms with E-state index in [1.807, 2.05) is 0 Å². The molecule has 0 aliphatic carbocycles. The lowest BCUT2D eigenvalue weighted by Gasteiger charge is -2.18. The summed E-state index contributed by atoms with van der Waals surface area (Å²) in [6, 6.07) is 0.571. The van der Waals surface area contributed by atoms with Crippen molar-refractivity contribution >= 4 is 6.29 Å². The molecule has 1 unspecified atom stereocenters.